The van der Waals surface area contributed by atoms with Gasteiger partial charge in [-0.05, 0) is 30.0 Å². The lowest BCUT2D eigenvalue weighted by Gasteiger charge is -2.30. The smallest absolute Gasteiger partial charge is 0.211 e. The molecule has 2 aliphatic rings. The second kappa shape index (κ2) is 6.40. The maximum atomic E-state index is 13.5. The van der Waals surface area contributed by atoms with Gasteiger partial charge in [-0.1, -0.05) is 61.3 Å². The summed E-state index contributed by atoms with van der Waals surface area (Å²) < 4.78 is 1.74. The van der Waals surface area contributed by atoms with Crippen molar-refractivity contribution in [3.63, 3.8) is 0 Å². The Bertz CT molecular complexity index is 1300. The number of aromatic nitrogens is 1. The Balaban J connectivity index is 1.90. The van der Waals surface area contributed by atoms with E-state index in [4.69, 9.17) is 23.2 Å². The number of carbonyl (C=O) groups excluding carboxylic acids is 3. The number of hydrogen-bond acceptors (Lipinski definition) is 3. The van der Waals surface area contributed by atoms with Crippen LogP contribution >= 0.6 is 23.2 Å². The van der Waals surface area contributed by atoms with E-state index in [1.807, 2.05) is 13.8 Å². The van der Waals surface area contributed by atoms with Crippen molar-refractivity contribution < 1.29 is 14.4 Å². The van der Waals surface area contributed by atoms with Crippen LogP contribution in [0.3, 0.4) is 0 Å². The molecule has 0 fully saturated rings. The highest BCUT2D eigenvalue weighted by molar-refractivity contribution is 6.42. The van der Waals surface area contributed by atoms with E-state index in [-0.39, 0.29) is 34.0 Å². The molecule has 0 atom stereocenters. The molecule has 2 aliphatic carbocycles. The van der Waals surface area contributed by atoms with Crippen molar-refractivity contribution in [1.82, 2.24) is 4.57 Å². The van der Waals surface area contributed by atoms with Gasteiger partial charge in [0.15, 0.2) is 11.6 Å². The molecule has 0 N–H and O–H groups in total. The van der Waals surface area contributed by atoms with Gasteiger partial charge in [-0.2, -0.15) is 0 Å². The van der Waals surface area contributed by atoms with Gasteiger partial charge >= 0.3 is 0 Å². The molecule has 0 spiro atoms. The molecule has 150 valence electrons. The number of fused-ring (bicyclic) bond motifs is 4. The van der Waals surface area contributed by atoms with Gasteiger partial charge < -0.3 is 4.57 Å². The average Bonchev–Trinajstić information content (AvgIpc) is 3.02. The maximum absolute atomic E-state index is 13.5. The molecule has 5 rings (SSSR count). The van der Waals surface area contributed by atoms with Crippen LogP contribution in [0.15, 0.2) is 42.5 Å². The van der Waals surface area contributed by atoms with Crippen LogP contribution in [0.1, 0.15) is 68.3 Å². The highest BCUT2D eigenvalue weighted by atomic mass is 35.5. The van der Waals surface area contributed by atoms with Crippen molar-refractivity contribution in [1.29, 1.82) is 0 Å². The van der Waals surface area contributed by atoms with E-state index in [2.05, 4.69) is 0 Å². The highest BCUT2D eigenvalue weighted by Gasteiger charge is 2.44. The van der Waals surface area contributed by atoms with Gasteiger partial charge in [0.1, 0.15) is 5.69 Å². The number of hydrogen-bond donors (Lipinski definition) is 0. The van der Waals surface area contributed by atoms with Crippen molar-refractivity contribution in [2.75, 3.05) is 0 Å². The minimum atomic E-state index is -0.294. The van der Waals surface area contributed by atoms with Gasteiger partial charge in [0.05, 0.1) is 21.2 Å². The number of carbonyl (C=O) groups is 3. The Labute approximate surface area is 183 Å². The molecular weight excluding hydrogens is 421 g/mol. The third-order valence-electron chi connectivity index (χ3n) is 5.85. The van der Waals surface area contributed by atoms with Crippen molar-refractivity contribution in [3.8, 4) is 5.69 Å². The Morgan fingerprint density at radius 3 is 2.17 bits per heavy atom. The minimum Gasteiger partial charge on any atom is -0.309 e. The first-order valence-corrected chi connectivity index (χ1v) is 10.4. The third-order valence-corrected chi connectivity index (χ3v) is 6.59. The molecule has 1 heterocycles. The first-order valence-electron chi connectivity index (χ1n) is 9.64. The fraction of sp³-hybridized carbons (Fsp3) is 0.208. The molecule has 6 heteroatoms. The predicted molar refractivity (Wildman–Crippen MR) is 116 cm³/mol. The summed E-state index contributed by atoms with van der Waals surface area (Å²) in [6.45, 7) is 4.02. The Morgan fingerprint density at radius 1 is 0.833 bits per heavy atom. The van der Waals surface area contributed by atoms with Crippen molar-refractivity contribution >= 4 is 40.6 Å². The highest BCUT2D eigenvalue weighted by Crippen LogP contribution is 2.43. The van der Waals surface area contributed by atoms with Gasteiger partial charge in [-0.25, -0.2) is 0 Å². The number of benzene rings is 2. The number of rotatable bonds is 1. The molecule has 0 radical (unpaired) electrons. The molecule has 0 amide bonds. The standard InChI is InChI=1S/C24H17Cl2NO3/c1-24(2)10-17-19(18(28)11-24)20-21(27(17)12-7-8-15(25)16(26)9-12)23(30)14-6-4-3-5-13(14)22(20)29/h3-9H,10-11H2,1-2H3. The van der Waals surface area contributed by atoms with Crippen LogP contribution in [-0.2, 0) is 6.42 Å². The SMILES string of the molecule is CC1(C)CC(=O)c2c3c(n(-c4ccc(Cl)c(Cl)c4)c2C1)C(=O)c1ccccc1C3=O. The number of nitrogens with zero attached hydrogens (tertiary/aromatic N) is 1. The second-order valence-corrected chi connectivity index (χ2v) is 9.44. The van der Waals surface area contributed by atoms with E-state index in [1.165, 1.54) is 0 Å². The summed E-state index contributed by atoms with van der Waals surface area (Å²) in [5.41, 5.74) is 2.47. The third kappa shape index (κ3) is 2.64. The van der Waals surface area contributed by atoms with Crippen molar-refractivity contribution in [3.05, 3.63) is 86.2 Å². The maximum Gasteiger partial charge on any atom is 0.211 e. The summed E-state index contributed by atoms with van der Waals surface area (Å²) in [5.74, 6) is -0.675. The average molecular weight is 438 g/mol. The van der Waals surface area contributed by atoms with Crippen LogP contribution in [0, 0.1) is 5.41 Å². The van der Waals surface area contributed by atoms with Crippen LogP contribution < -0.4 is 0 Å². The van der Waals surface area contributed by atoms with E-state index in [1.54, 1.807) is 47.0 Å². The van der Waals surface area contributed by atoms with E-state index >= 15 is 0 Å². The lowest BCUT2D eigenvalue weighted by molar-refractivity contribution is 0.0902. The fourth-order valence-electron chi connectivity index (χ4n) is 4.61. The monoisotopic (exact) mass is 437 g/mol. The van der Waals surface area contributed by atoms with Crippen LogP contribution in [0.5, 0.6) is 0 Å². The quantitative estimate of drug-likeness (QED) is 0.382. The molecule has 1 aromatic heterocycles. The van der Waals surface area contributed by atoms with Gasteiger partial charge in [-0.15, -0.1) is 0 Å². The van der Waals surface area contributed by atoms with Crippen LogP contribution in [0.2, 0.25) is 10.0 Å². The molecule has 2 aromatic carbocycles. The van der Waals surface area contributed by atoms with Gasteiger partial charge in [-0.3, -0.25) is 14.4 Å². The Hall–Kier alpha value is -2.69. The molecule has 4 nitrogen and oxygen atoms in total. The van der Waals surface area contributed by atoms with Gasteiger partial charge in [0.25, 0.3) is 0 Å². The van der Waals surface area contributed by atoms with E-state index < -0.39 is 0 Å². The minimum absolute atomic E-state index is 0.114. The Kier molecular flexibility index (Phi) is 4.12. The number of Topliss-reactive ketones (excluding diaryl/α,β-unsaturated/α-hetero) is 1. The predicted octanol–water partition coefficient (Wildman–Crippen LogP) is 5.71. The fourth-order valence-corrected chi connectivity index (χ4v) is 4.91. The molecule has 0 unspecified atom stereocenters. The van der Waals surface area contributed by atoms with Crippen LogP contribution in [-0.4, -0.2) is 21.9 Å². The lowest BCUT2D eigenvalue weighted by Crippen LogP contribution is -2.28. The summed E-state index contributed by atoms with van der Waals surface area (Å²) in [6.07, 6.45) is 0.874. The second-order valence-electron chi connectivity index (χ2n) is 8.62. The summed E-state index contributed by atoms with van der Waals surface area (Å²) in [6, 6.07) is 11.8. The topological polar surface area (TPSA) is 56.1 Å². The molecule has 3 aromatic rings. The van der Waals surface area contributed by atoms with Crippen molar-refractivity contribution in [2.24, 2.45) is 5.41 Å². The number of ketones is 3. The largest absolute Gasteiger partial charge is 0.309 e. The summed E-state index contributed by atoms with van der Waals surface area (Å²) in [4.78, 5) is 40.2. The molecule has 0 saturated heterocycles. The first-order chi connectivity index (χ1) is 14.2. The summed E-state index contributed by atoms with van der Waals surface area (Å²) in [7, 11) is 0. The normalized spacial score (nSPS) is 16.9. The number of halogens is 2. The first kappa shape index (κ1) is 19.3. The Morgan fingerprint density at radius 2 is 1.50 bits per heavy atom. The van der Waals surface area contributed by atoms with E-state index in [0.717, 1.165) is 0 Å². The zero-order chi connectivity index (χ0) is 21.4. The van der Waals surface area contributed by atoms with Crippen LogP contribution in [0.25, 0.3) is 5.69 Å². The molecule has 0 aliphatic heterocycles. The van der Waals surface area contributed by atoms with Gasteiger partial charge in [0, 0.05) is 28.9 Å². The molecule has 30 heavy (non-hydrogen) atoms. The molecule has 0 bridgehead atoms. The van der Waals surface area contributed by atoms with E-state index in [0.29, 0.717) is 51.0 Å². The van der Waals surface area contributed by atoms with Gasteiger partial charge in [0.2, 0.25) is 5.78 Å². The zero-order valence-corrected chi connectivity index (χ0v) is 17.9. The zero-order valence-electron chi connectivity index (χ0n) is 16.4. The molecule has 0 saturated carbocycles. The van der Waals surface area contributed by atoms with Crippen molar-refractivity contribution in [2.45, 2.75) is 26.7 Å². The summed E-state index contributed by atoms with van der Waals surface area (Å²) >= 11 is 12.4. The molecular formula is C24H17Cl2NO3. The van der Waals surface area contributed by atoms with Crippen LogP contribution in [0.4, 0.5) is 0 Å². The lowest BCUT2D eigenvalue weighted by atomic mass is 9.74. The van der Waals surface area contributed by atoms with E-state index in [9.17, 15) is 14.4 Å². The summed E-state index contributed by atoms with van der Waals surface area (Å²) in [5, 5.41) is 0.723.